The highest BCUT2D eigenvalue weighted by molar-refractivity contribution is 9.10. The van der Waals surface area contributed by atoms with E-state index in [-0.39, 0.29) is 0 Å². The van der Waals surface area contributed by atoms with Gasteiger partial charge in [0.25, 0.3) is 0 Å². The highest BCUT2D eigenvalue weighted by Crippen LogP contribution is 2.23. The summed E-state index contributed by atoms with van der Waals surface area (Å²) in [5, 5.41) is 9.28. The molecule has 20 heavy (non-hydrogen) atoms. The average molecular weight is 334 g/mol. The first-order valence-electron chi connectivity index (χ1n) is 6.27. The van der Waals surface area contributed by atoms with Crippen LogP contribution in [-0.4, -0.2) is 18.1 Å². The van der Waals surface area contributed by atoms with Gasteiger partial charge in [-0.15, -0.1) is 0 Å². The van der Waals surface area contributed by atoms with E-state index in [2.05, 4.69) is 15.9 Å². The monoisotopic (exact) mass is 333 g/mol. The van der Waals surface area contributed by atoms with Crippen LogP contribution in [0, 0.1) is 6.92 Å². The third-order valence-electron chi connectivity index (χ3n) is 3.10. The van der Waals surface area contributed by atoms with Crippen LogP contribution in [0.25, 0.3) is 0 Å². The summed E-state index contributed by atoms with van der Waals surface area (Å²) >= 11 is 3.44. The zero-order valence-electron chi connectivity index (χ0n) is 11.4. The molecule has 0 unspecified atom stereocenters. The third-order valence-corrected chi connectivity index (χ3v) is 3.60. The maximum absolute atomic E-state index is 11.3. The molecule has 0 fully saturated rings. The highest BCUT2D eigenvalue weighted by Gasteiger charge is 2.13. The Morgan fingerprint density at radius 2 is 2.00 bits per heavy atom. The quantitative estimate of drug-likeness (QED) is 0.915. The summed E-state index contributed by atoms with van der Waals surface area (Å²) in [7, 11) is 1.90. The van der Waals surface area contributed by atoms with Crippen molar-refractivity contribution in [1.82, 2.24) is 0 Å². The number of rotatable bonds is 4. The Kier molecular flexibility index (Phi) is 4.45. The first-order chi connectivity index (χ1) is 9.47. The van der Waals surface area contributed by atoms with Crippen LogP contribution in [0.2, 0.25) is 0 Å². The number of hydrogen-bond donors (Lipinski definition) is 1. The van der Waals surface area contributed by atoms with E-state index < -0.39 is 5.97 Å². The van der Waals surface area contributed by atoms with E-state index in [1.807, 2.05) is 55.3 Å². The normalized spacial score (nSPS) is 10.3. The second-order valence-electron chi connectivity index (χ2n) is 4.81. The zero-order valence-corrected chi connectivity index (χ0v) is 13.0. The lowest BCUT2D eigenvalue weighted by atomic mass is 10.1. The van der Waals surface area contributed by atoms with Gasteiger partial charge in [-0.2, -0.15) is 0 Å². The van der Waals surface area contributed by atoms with Crippen LogP contribution in [0.4, 0.5) is 5.69 Å². The Morgan fingerprint density at radius 1 is 1.25 bits per heavy atom. The number of anilines is 1. The molecule has 0 aliphatic rings. The van der Waals surface area contributed by atoms with E-state index in [1.165, 1.54) is 0 Å². The number of hydrogen-bond acceptors (Lipinski definition) is 2. The Morgan fingerprint density at radius 3 is 2.65 bits per heavy atom. The van der Waals surface area contributed by atoms with E-state index in [0.29, 0.717) is 12.1 Å². The summed E-state index contributed by atoms with van der Waals surface area (Å²) in [5.74, 6) is -0.902. The zero-order chi connectivity index (χ0) is 14.7. The van der Waals surface area contributed by atoms with Crippen molar-refractivity contribution >= 4 is 27.6 Å². The van der Waals surface area contributed by atoms with E-state index in [4.69, 9.17) is 0 Å². The predicted molar refractivity (Wildman–Crippen MR) is 84.4 cm³/mol. The van der Waals surface area contributed by atoms with Gasteiger partial charge in [0.15, 0.2) is 0 Å². The predicted octanol–water partition coefficient (Wildman–Crippen LogP) is 4.09. The van der Waals surface area contributed by atoms with Gasteiger partial charge in [-0.05, 0) is 42.3 Å². The molecule has 3 nitrogen and oxygen atoms in total. The number of carboxylic acid groups (broad SMARTS) is 1. The first-order valence-corrected chi connectivity index (χ1v) is 7.06. The molecule has 0 aliphatic heterocycles. The molecular weight excluding hydrogens is 318 g/mol. The Labute approximate surface area is 127 Å². The topological polar surface area (TPSA) is 40.5 Å². The van der Waals surface area contributed by atoms with Crippen LogP contribution in [0.15, 0.2) is 46.9 Å². The molecule has 2 rings (SSSR count). The van der Waals surface area contributed by atoms with Gasteiger partial charge in [-0.3, -0.25) is 0 Å². The van der Waals surface area contributed by atoms with Gasteiger partial charge >= 0.3 is 5.97 Å². The highest BCUT2D eigenvalue weighted by atomic mass is 79.9. The van der Waals surface area contributed by atoms with Gasteiger partial charge in [0.1, 0.15) is 0 Å². The van der Waals surface area contributed by atoms with Gasteiger partial charge in [-0.1, -0.05) is 34.1 Å². The Bertz CT molecular complexity index is 640. The van der Waals surface area contributed by atoms with Crippen LogP contribution in [-0.2, 0) is 6.54 Å². The van der Waals surface area contributed by atoms with E-state index in [1.54, 1.807) is 6.07 Å². The largest absolute Gasteiger partial charge is 0.478 e. The molecule has 0 saturated heterocycles. The van der Waals surface area contributed by atoms with Crippen molar-refractivity contribution in [2.24, 2.45) is 0 Å². The minimum Gasteiger partial charge on any atom is -0.478 e. The number of carboxylic acids is 1. The number of benzene rings is 2. The molecule has 0 aromatic heterocycles. The van der Waals surface area contributed by atoms with Crippen LogP contribution in [0.1, 0.15) is 21.5 Å². The third kappa shape index (κ3) is 3.39. The molecule has 0 saturated carbocycles. The molecule has 0 heterocycles. The molecule has 104 valence electrons. The van der Waals surface area contributed by atoms with Crippen molar-refractivity contribution in [3.63, 3.8) is 0 Å². The van der Waals surface area contributed by atoms with Gasteiger partial charge in [0, 0.05) is 18.1 Å². The average Bonchev–Trinajstić information content (AvgIpc) is 2.38. The standard InChI is InChI=1S/C16H16BrNO2/c1-11-6-7-14(16(19)20)15(8-11)18(2)10-12-4-3-5-13(17)9-12/h3-9H,10H2,1-2H3,(H,19,20). The lowest BCUT2D eigenvalue weighted by Crippen LogP contribution is -2.19. The molecule has 4 heteroatoms. The summed E-state index contributed by atoms with van der Waals surface area (Å²) in [6.45, 7) is 2.62. The Balaban J connectivity index is 2.31. The summed E-state index contributed by atoms with van der Waals surface area (Å²) in [6, 6.07) is 13.4. The molecule has 0 spiro atoms. The van der Waals surface area contributed by atoms with Crippen molar-refractivity contribution in [3.8, 4) is 0 Å². The maximum Gasteiger partial charge on any atom is 0.337 e. The molecule has 0 amide bonds. The smallest absolute Gasteiger partial charge is 0.337 e. The van der Waals surface area contributed by atoms with Crippen LogP contribution in [0.5, 0.6) is 0 Å². The molecule has 0 aliphatic carbocycles. The molecule has 2 aromatic rings. The molecule has 0 atom stereocenters. The van der Waals surface area contributed by atoms with Crippen molar-refractivity contribution < 1.29 is 9.90 Å². The van der Waals surface area contributed by atoms with Gasteiger partial charge in [-0.25, -0.2) is 4.79 Å². The van der Waals surface area contributed by atoms with E-state index >= 15 is 0 Å². The van der Waals surface area contributed by atoms with Gasteiger partial charge in [0.2, 0.25) is 0 Å². The number of nitrogens with zero attached hydrogens (tertiary/aromatic N) is 1. The molecule has 0 bridgehead atoms. The molecule has 1 N–H and O–H groups in total. The molecule has 2 aromatic carbocycles. The van der Waals surface area contributed by atoms with E-state index in [9.17, 15) is 9.90 Å². The summed E-state index contributed by atoms with van der Waals surface area (Å²) in [4.78, 5) is 13.3. The fraction of sp³-hybridized carbons (Fsp3) is 0.188. The maximum atomic E-state index is 11.3. The Hall–Kier alpha value is -1.81. The fourth-order valence-electron chi connectivity index (χ4n) is 2.13. The fourth-order valence-corrected chi connectivity index (χ4v) is 2.58. The second-order valence-corrected chi connectivity index (χ2v) is 5.73. The number of aryl methyl sites for hydroxylation is 1. The van der Waals surface area contributed by atoms with Crippen LogP contribution in [0.3, 0.4) is 0 Å². The lowest BCUT2D eigenvalue weighted by Gasteiger charge is -2.22. The van der Waals surface area contributed by atoms with Crippen molar-refractivity contribution in [2.45, 2.75) is 13.5 Å². The second kappa shape index (κ2) is 6.09. The van der Waals surface area contributed by atoms with Crippen molar-refractivity contribution in [2.75, 3.05) is 11.9 Å². The number of carbonyl (C=O) groups is 1. The van der Waals surface area contributed by atoms with Crippen LogP contribution >= 0.6 is 15.9 Å². The van der Waals surface area contributed by atoms with Gasteiger partial charge < -0.3 is 10.0 Å². The van der Waals surface area contributed by atoms with Crippen LogP contribution < -0.4 is 4.90 Å². The van der Waals surface area contributed by atoms with Crippen molar-refractivity contribution in [3.05, 3.63) is 63.6 Å². The first kappa shape index (κ1) is 14.6. The summed E-state index contributed by atoms with van der Waals surface area (Å²) < 4.78 is 1.02. The number of aromatic carboxylic acids is 1. The molecule has 0 radical (unpaired) electrons. The summed E-state index contributed by atoms with van der Waals surface area (Å²) in [6.07, 6.45) is 0. The van der Waals surface area contributed by atoms with Crippen molar-refractivity contribution in [1.29, 1.82) is 0 Å². The SMILES string of the molecule is Cc1ccc(C(=O)O)c(N(C)Cc2cccc(Br)c2)c1. The molecular formula is C16H16BrNO2. The lowest BCUT2D eigenvalue weighted by molar-refractivity contribution is 0.0697. The van der Waals surface area contributed by atoms with E-state index in [0.717, 1.165) is 21.3 Å². The number of halogens is 1. The minimum atomic E-state index is -0.902. The van der Waals surface area contributed by atoms with Gasteiger partial charge in [0.05, 0.1) is 11.3 Å². The summed E-state index contributed by atoms with van der Waals surface area (Å²) in [5.41, 5.74) is 3.23. The minimum absolute atomic E-state index is 0.327.